The Bertz CT molecular complexity index is 1380. The summed E-state index contributed by atoms with van der Waals surface area (Å²) in [5.41, 5.74) is -1.46. The van der Waals surface area contributed by atoms with Crippen molar-refractivity contribution >= 4 is 120 Å². The van der Waals surface area contributed by atoms with Crippen molar-refractivity contribution in [1.29, 1.82) is 0 Å². The van der Waals surface area contributed by atoms with Gasteiger partial charge in [0.05, 0.1) is 24.6 Å². The molecule has 174 valence electrons. The lowest BCUT2D eigenvalue weighted by Gasteiger charge is -2.31. The van der Waals surface area contributed by atoms with Crippen LogP contribution in [0.2, 0.25) is 20.1 Å². The van der Waals surface area contributed by atoms with E-state index in [0.717, 1.165) is 0 Å². The minimum Gasteiger partial charge on any atom is -0.505 e. The normalized spacial score (nSPS) is 16.1. The summed E-state index contributed by atoms with van der Waals surface area (Å²) in [6, 6.07) is 5.27. The van der Waals surface area contributed by atoms with Crippen LogP contribution in [0.15, 0.2) is 47.1 Å². The van der Waals surface area contributed by atoms with Crippen molar-refractivity contribution in [2.24, 2.45) is 0 Å². The average molecular weight is 808 g/mol. The number of aromatic hydroxyl groups is 2. The highest BCUT2D eigenvalue weighted by Gasteiger charge is 2.55. The molecule has 1 aliphatic heterocycles. The number of benzene rings is 3. The highest BCUT2D eigenvalue weighted by atomic mass is 79.9. The van der Waals surface area contributed by atoms with Crippen molar-refractivity contribution in [1.82, 2.24) is 0 Å². The number of hydrogen-bond donors (Lipinski definition) is 2. The third-order valence-corrected chi connectivity index (χ3v) is 12.5. The van der Waals surface area contributed by atoms with E-state index < -0.39 is 27.2 Å². The van der Waals surface area contributed by atoms with Crippen LogP contribution >= 0.6 is 110 Å². The van der Waals surface area contributed by atoms with Crippen LogP contribution in [0.1, 0.15) is 16.7 Å². The summed E-state index contributed by atoms with van der Waals surface area (Å²) >= 11 is 38.4. The summed E-state index contributed by atoms with van der Waals surface area (Å²) in [5, 5.41) is 19.6. The van der Waals surface area contributed by atoms with Gasteiger partial charge in [-0.05, 0) is 99.1 Å². The second-order valence-electron chi connectivity index (χ2n) is 6.76. The van der Waals surface area contributed by atoms with E-state index in [4.69, 9.17) is 50.6 Å². The van der Waals surface area contributed by atoms with Gasteiger partial charge in [0, 0.05) is 19.0 Å². The number of hydrogen-bond acceptors (Lipinski definition) is 5. The molecule has 0 spiro atoms. The van der Waals surface area contributed by atoms with Crippen LogP contribution in [0.4, 0.5) is 0 Å². The van der Waals surface area contributed by atoms with Crippen molar-refractivity contribution in [2.75, 3.05) is 0 Å². The lowest BCUT2D eigenvalue weighted by atomic mass is 9.80. The largest absolute Gasteiger partial charge is 0.505 e. The summed E-state index contributed by atoms with van der Waals surface area (Å²) in [4.78, 5) is -0.176. The number of phenols is 2. The zero-order valence-electron chi connectivity index (χ0n) is 15.4. The maximum absolute atomic E-state index is 13.4. The Morgan fingerprint density at radius 1 is 0.697 bits per heavy atom. The Kier molecular flexibility index (Phi) is 7.15. The van der Waals surface area contributed by atoms with E-state index in [2.05, 4.69) is 63.7 Å². The second kappa shape index (κ2) is 8.97. The molecule has 3 aromatic rings. The van der Waals surface area contributed by atoms with E-state index in [0.29, 0.717) is 13.4 Å². The average Bonchev–Trinajstić information content (AvgIpc) is 3.00. The van der Waals surface area contributed by atoms with E-state index >= 15 is 0 Å². The Morgan fingerprint density at radius 2 is 1.06 bits per heavy atom. The zero-order chi connectivity index (χ0) is 24.6. The Labute approximate surface area is 241 Å². The van der Waals surface area contributed by atoms with Crippen LogP contribution < -0.4 is 0 Å². The zero-order valence-corrected chi connectivity index (χ0v) is 25.5. The highest BCUT2D eigenvalue weighted by molar-refractivity contribution is 9.15. The monoisotopic (exact) mass is 802 g/mol. The molecule has 1 aliphatic rings. The molecule has 0 saturated carbocycles. The van der Waals surface area contributed by atoms with Gasteiger partial charge in [-0.3, -0.25) is 0 Å². The summed E-state index contributed by atoms with van der Waals surface area (Å²) in [5.74, 6) is -0.783. The van der Waals surface area contributed by atoms with Crippen molar-refractivity contribution in [2.45, 2.75) is 10.5 Å². The van der Waals surface area contributed by atoms with E-state index in [1.807, 2.05) is 0 Å². The van der Waals surface area contributed by atoms with Gasteiger partial charge in [0.15, 0.2) is 17.1 Å². The smallest absolute Gasteiger partial charge is 0.300 e. The standard InChI is InChI=1S/C19H6Br4Cl4O5S/c20-12-11-18(15(23)14(22)13(12)21)33(30,31)32-19(11,5-1-7(24)16(28)8(25)2-5)6-3-9(26)17(29)10(27)4-6/h1-4,28-29H. The third kappa shape index (κ3) is 3.97. The lowest BCUT2D eigenvalue weighted by molar-refractivity contribution is 0.179. The number of fused-ring (bicyclic) bond motifs is 1. The van der Waals surface area contributed by atoms with Crippen LogP contribution in [-0.2, 0) is 19.9 Å². The van der Waals surface area contributed by atoms with Gasteiger partial charge in [0.2, 0.25) is 0 Å². The number of rotatable bonds is 2. The van der Waals surface area contributed by atoms with Crippen molar-refractivity contribution < 1.29 is 22.8 Å². The Balaban J connectivity index is 2.29. The molecule has 4 rings (SSSR count). The molecule has 1 heterocycles. The molecule has 0 aromatic heterocycles. The molecule has 0 unspecified atom stereocenters. The molecule has 0 fully saturated rings. The van der Waals surface area contributed by atoms with Gasteiger partial charge < -0.3 is 10.2 Å². The van der Waals surface area contributed by atoms with E-state index in [1.165, 1.54) is 24.3 Å². The molecule has 14 heteroatoms. The fraction of sp³-hybridized carbons (Fsp3) is 0.0526. The van der Waals surface area contributed by atoms with E-state index in [-0.39, 0.29) is 46.1 Å². The molecule has 0 radical (unpaired) electrons. The number of halogens is 8. The predicted molar refractivity (Wildman–Crippen MR) is 142 cm³/mol. The molecular weight excluding hydrogens is 802 g/mol. The highest BCUT2D eigenvalue weighted by Crippen LogP contribution is 2.59. The maximum atomic E-state index is 13.4. The van der Waals surface area contributed by atoms with Crippen LogP contribution in [0.25, 0.3) is 0 Å². The first-order valence-corrected chi connectivity index (χ1v) is 14.5. The fourth-order valence-corrected chi connectivity index (χ4v) is 9.23. The minimum atomic E-state index is -4.40. The maximum Gasteiger partial charge on any atom is 0.300 e. The van der Waals surface area contributed by atoms with Gasteiger partial charge in [0.1, 0.15) is 4.90 Å². The molecule has 0 aliphatic carbocycles. The molecule has 0 amide bonds. The molecule has 0 saturated heterocycles. The summed E-state index contributed by atoms with van der Waals surface area (Å²) in [6.07, 6.45) is 0. The molecule has 2 N–H and O–H groups in total. The Hall–Kier alpha value is 0.250. The quantitative estimate of drug-likeness (QED) is 0.154. The van der Waals surface area contributed by atoms with Crippen molar-refractivity contribution in [3.8, 4) is 11.5 Å². The number of phenolic OH excluding ortho intramolecular Hbond substituents is 2. The minimum absolute atomic E-state index is 0.145. The fourth-order valence-electron chi connectivity index (χ4n) is 3.50. The van der Waals surface area contributed by atoms with E-state index in [9.17, 15) is 18.6 Å². The molecule has 3 aromatic carbocycles. The summed E-state index contributed by atoms with van der Waals surface area (Å²) in [6.45, 7) is 0. The SMILES string of the molecule is O=S1(=O)OC(c2cc(Cl)c(O)c(Cl)c2)(c2cc(Cl)c(O)c(Cl)c2)c2c(Br)c(Br)c(Br)c(Br)c21. The van der Waals surface area contributed by atoms with Crippen molar-refractivity contribution in [3.05, 3.63) is 78.9 Å². The van der Waals surface area contributed by atoms with Crippen LogP contribution in [0.5, 0.6) is 11.5 Å². The molecular formula is C19H6Br4Cl4O5S. The molecule has 33 heavy (non-hydrogen) atoms. The molecule has 0 bridgehead atoms. The van der Waals surface area contributed by atoms with Crippen LogP contribution in [0, 0.1) is 0 Å². The van der Waals surface area contributed by atoms with Gasteiger partial charge in [0.25, 0.3) is 10.1 Å². The third-order valence-electron chi connectivity index (χ3n) is 4.91. The van der Waals surface area contributed by atoms with Gasteiger partial charge in [-0.1, -0.05) is 46.4 Å². The second-order valence-corrected chi connectivity index (χ2v) is 13.0. The van der Waals surface area contributed by atoms with Crippen LogP contribution in [0.3, 0.4) is 0 Å². The lowest BCUT2D eigenvalue weighted by Crippen LogP contribution is -2.30. The molecule has 5 nitrogen and oxygen atoms in total. The topological polar surface area (TPSA) is 83.8 Å². The summed E-state index contributed by atoms with van der Waals surface area (Å²) in [7, 11) is -4.40. The summed E-state index contributed by atoms with van der Waals surface area (Å²) < 4.78 is 34.0. The first-order valence-electron chi connectivity index (χ1n) is 8.43. The van der Waals surface area contributed by atoms with Crippen LogP contribution in [-0.4, -0.2) is 18.6 Å². The van der Waals surface area contributed by atoms with E-state index in [1.54, 1.807) is 0 Å². The first-order chi connectivity index (χ1) is 15.2. The predicted octanol–water partition coefficient (Wildman–Crippen LogP) is 8.77. The first kappa shape index (κ1) is 26.3. The van der Waals surface area contributed by atoms with Gasteiger partial charge in [-0.15, -0.1) is 0 Å². The Morgan fingerprint density at radius 3 is 1.45 bits per heavy atom. The van der Waals surface area contributed by atoms with Gasteiger partial charge >= 0.3 is 0 Å². The van der Waals surface area contributed by atoms with Crippen molar-refractivity contribution in [3.63, 3.8) is 0 Å². The van der Waals surface area contributed by atoms with Gasteiger partial charge in [-0.2, -0.15) is 8.42 Å². The molecule has 0 atom stereocenters. The van der Waals surface area contributed by atoms with Gasteiger partial charge in [-0.25, -0.2) is 4.18 Å².